The van der Waals surface area contributed by atoms with Gasteiger partial charge in [-0.2, -0.15) is 0 Å². The van der Waals surface area contributed by atoms with Gasteiger partial charge in [-0.25, -0.2) is 4.39 Å². The van der Waals surface area contributed by atoms with E-state index in [4.69, 9.17) is 11.6 Å². The Morgan fingerprint density at radius 2 is 2.05 bits per heavy atom. The van der Waals surface area contributed by atoms with Gasteiger partial charge in [0.2, 0.25) is 0 Å². The number of hydrogen-bond donors (Lipinski definition) is 1. The van der Waals surface area contributed by atoms with Gasteiger partial charge in [-0.3, -0.25) is 4.79 Å². The molecule has 2 atom stereocenters. The summed E-state index contributed by atoms with van der Waals surface area (Å²) in [5.74, 6) is -1.05. The second-order valence-corrected chi connectivity index (χ2v) is 6.61. The third-order valence-corrected chi connectivity index (χ3v) is 4.72. The van der Waals surface area contributed by atoms with Crippen molar-refractivity contribution in [1.82, 2.24) is 5.32 Å². The van der Waals surface area contributed by atoms with E-state index in [0.29, 0.717) is 0 Å². The van der Waals surface area contributed by atoms with Crippen molar-refractivity contribution >= 4 is 33.4 Å². The van der Waals surface area contributed by atoms with Crippen LogP contribution in [-0.2, 0) is 6.42 Å². The number of halogens is 3. The number of carbonyl (C=O) groups excluding carboxylic acids is 1. The lowest BCUT2D eigenvalue weighted by Crippen LogP contribution is -2.32. The van der Waals surface area contributed by atoms with Gasteiger partial charge in [-0.05, 0) is 35.7 Å². The molecule has 5 heteroatoms. The second-order valence-electron chi connectivity index (χ2n) is 4.99. The van der Waals surface area contributed by atoms with Crippen molar-refractivity contribution in [3.05, 3.63) is 70.0 Å². The lowest BCUT2D eigenvalue weighted by molar-refractivity contribution is 0.0934. The summed E-state index contributed by atoms with van der Waals surface area (Å²) in [4.78, 5) is 12.4. The zero-order valence-electron chi connectivity index (χ0n) is 10.9. The maximum absolute atomic E-state index is 13.8. The minimum atomic E-state index is -0.614. The number of alkyl halides is 1. The SMILES string of the molecule is O=C(NC1c2ccccc2CC1Br)c1ccc(Cl)cc1F. The molecule has 0 radical (unpaired) electrons. The number of amides is 1. The minimum absolute atomic E-state index is 0.00322. The quantitative estimate of drug-likeness (QED) is 0.788. The van der Waals surface area contributed by atoms with Gasteiger partial charge < -0.3 is 5.32 Å². The lowest BCUT2D eigenvalue weighted by Gasteiger charge is -2.18. The number of hydrogen-bond acceptors (Lipinski definition) is 1. The van der Waals surface area contributed by atoms with E-state index in [-0.39, 0.29) is 21.5 Å². The number of nitrogens with one attached hydrogen (secondary N) is 1. The summed E-state index contributed by atoms with van der Waals surface area (Å²) in [7, 11) is 0. The number of benzene rings is 2. The number of fused-ring (bicyclic) bond motifs is 1. The Bertz CT molecular complexity index is 706. The largest absolute Gasteiger partial charge is 0.344 e. The van der Waals surface area contributed by atoms with Crippen LogP contribution in [0, 0.1) is 5.82 Å². The van der Waals surface area contributed by atoms with Crippen LogP contribution < -0.4 is 5.32 Å². The smallest absolute Gasteiger partial charge is 0.254 e. The van der Waals surface area contributed by atoms with Gasteiger partial charge in [0.1, 0.15) is 5.82 Å². The second kappa shape index (κ2) is 5.78. The molecule has 0 aliphatic heterocycles. The monoisotopic (exact) mass is 367 g/mol. The Hall–Kier alpha value is -1.39. The maximum atomic E-state index is 13.8. The van der Waals surface area contributed by atoms with Crippen molar-refractivity contribution < 1.29 is 9.18 Å². The van der Waals surface area contributed by atoms with Crippen LogP contribution in [0.2, 0.25) is 5.02 Å². The van der Waals surface area contributed by atoms with Gasteiger partial charge >= 0.3 is 0 Å². The molecule has 0 saturated carbocycles. The van der Waals surface area contributed by atoms with E-state index in [2.05, 4.69) is 21.2 Å². The predicted octanol–water partition coefficient (Wildman–Crippen LogP) is 4.27. The molecule has 2 nitrogen and oxygen atoms in total. The van der Waals surface area contributed by atoms with Gasteiger partial charge in [0.15, 0.2) is 0 Å². The highest BCUT2D eigenvalue weighted by Gasteiger charge is 2.32. The Morgan fingerprint density at radius 1 is 1.29 bits per heavy atom. The van der Waals surface area contributed by atoms with Crippen molar-refractivity contribution in [3.8, 4) is 0 Å². The van der Waals surface area contributed by atoms with Crippen molar-refractivity contribution in [1.29, 1.82) is 0 Å². The molecule has 0 spiro atoms. The summed E-state index contributed by atoms with van der Waals surface area (Å²) in [5.41, 5.74) is 2.27. The molecule has 1 aliphatic rings. The molecule has 2 aromatic rings. The molecule has 0 bridgehead atoms. The van der Waals surface area contributed by atoms with Crippen molar-refractivity contribution in [2.75, 3.05) is 0 Å². The third-order valence-electron chi connectivity index (χ3n) is 3.63. The van der Waals surface area contributed by atoms with Gasteiger partial charge in [0.05, 0.1) is 11.6 Å². The molecule has 0 aromatic heterocycles. The zero-order chi connectivity index (χ0) is 15.0. The van der Waals surface area contributed by atoms with Crippen LogP contribution in [0.15, 0.2) is 42.5 Å². The van der Waals surface area contributed by atoms with E-state index >= 15 is 0 Å². The van der Waals surface area contributed by atoms with Crippen LogP contribution >= 0.6 is 27.5 Å². The van der Waals surface area contributed by atoms with Gasteiger partial charge in [0.25, 0.3) is 5.91 Å². The van der Waals surface area contributed by atoms with Crippen LogP contribution in [0.1, 0.15) is 27.5 Å². The first-order chi connectivity index (χ1) is 10.1. The number of carbonyl (C=O) groups is 1. The van der Waals surface area contributed by atoms with E-state index in [1.165, 1.54) is 17.7 Å². The van der Waals surface area contributed by atoms with Gasteiger partial charge in [-0.15, -0.1) is 0 Å². The summed E-state index contributed by atoms with van der Waals surface area (Å²) < 4.78 is 13.8. The molecular weight excluding hydrogens is 357 g/mol. The molecule has 0 fully saturated rings. The first kappa shape index (κ1) is 14.5. The Morgan fingerprint density at radius 3 is 2.81 bits per heavy atom. The van der Waals surface area contributed by atoms with E-state index in [0.717, 1.165) is 18.1 Å². The highest BCUT2D eigenvalue weighted by atomic mass is 79.9. The molecule has 21 heavy (non-hydrogen) atoms. The van der Waals surface area contributed by atoms with Crippen molar-refractivity contribution in [2.45, 2.75) is 17.3 Å². The Labute approximate surface area is 135 Å². The molecule has 3 rings (SSSR count). The summed E-state index contributed by atoms with van der Waals surface area (Å²) in [5, 5.41) is 3.16. The Balaban J connectivity index is 1.85. The third kappa shape index (κ3) is 2.83. The first-order valence-electron chi connectivity index (χ1n) is 6.54. The first-order valence-corrected chi connectivity index (χ1v) is 7.83. The van der Waals surface area contributed by atoms with E-state index in [1.54, 1.807) is 0 Å². The molecule has 0 saturated heterocycles. The fourth-order valence-corrected chi connectivity index (χ4v) is 3.53. The van der Waals surface area contributed by atoms with Gasteiger partial charge in [-0.1, -0.05) is 51.8 Å². The summed E-state index contributed by atoms with van der Waals surface area (Å²) in [6.45, 7) is 0. The van der Waals surface area contributed by atoms with Crippen LogP contribution in [0.25, 0.3) is 0 Å². The van der Waals surface area contributed by atoms with Gasteiger partial charge in [0, 0.05) is 9.85 Å². The summed E-state index contributed by atoms with van der Waals surface area (Å²) >= 11 is 9.29. The van der Waals surface area contributed by atoms with E-state index < -0.39 is 11.7 Å². The highest BCUT2D eigenvalue weighted by Crippen LogP contribution is 2.36. The van der Waals surface area contributed by atoms with Crippen LogP contribution in [0.5, 0.6) is 0 Å². The van der Waals surface area contributed by atoms with Crippen LogP contribution in [0.4, 0.5) is 4.39 Å². The normalized spacial score (nSPS) is 20.1. The fourth-order valence-electron chi connectivity index (χ4n) is 2.61. The standard InChI is InChI=1S/C16H12BrClFNO/c17-13-7-9-3-1-2-4-11(9)15(13)20-16(21)12-6-5-10(18)8-14(12)19/h1-6,8,13,15H,7H2,(H,20,21). The Kier molecular flexibility index (Phi) is 4.00. The average molecular weight is 369 g/mol. The van der Waals surface area contributed by atoms with Crippen LogP contribution in [0.3, 0.4) is 0 Å². The lowest BCUT2D eigenvalue weighted by atomic mass is 10.1. The molecular formula is C16H12BrClFNO. The molecule has 1 aliphatic carbocycles. The van der Waals surface area contributed by atoms with E-state index in [1.807, 2.05) is 24.3 Å². The summed E-state index contributed by atoms with van der Waals surface area (Å²) in [6.07, 6.45) is 0.838. The topological polar surface area (TPSA) is 29.1 Å². The predicted molar refractivity (Wildman–Crippen MR) is 84.5 cm³/mol. The maximum Gasteiger partial charge on any atom is 0.254 e. The minimum Gasteiger partial charge on any atom is -0.344 e. The molecule has 1 N–H and O–H groups in total. The van der Waals surface area contributed by atoms with E-state index in [9.17, 15) is 9.18 Å². The number of rotatable bonds is 2. The average Bonchev–Trinajstić information content (AvgIpc) is 2.75. The highest BCUT2D eigenvalue weighted by molar-refractivity contribution is 9.09. The zero-order valence-corrected chi connectivity index (χ0v) is 13.3. The molecule has 2 aromatic carbocycles. The summed E-state index contributed by atoms with van der Waals surface area (Å²) in [6, 6.07) is 11.8. The molecule has 1 amide bonds. The molecule has 0 heterocycles. The molecule has 108 valence electrons. The van der Waals surface area contributed by atoms with Crippen molar-refractivity contribution in [2.24, 2.45) is 0 Å². The van der Waals surface area contributed by atoms with Crippen LogP contribution in [-0.4, -0.2) is 10.7 Å². The fraction of sp³-hybridized carbons (Fsp3) is 0.188. The van der Waals surface area contributed by atoms with Crippen molar-refractivity contribution in [3.63, 3.8) is 0 Å². The molecule has 2 unspecified atom stereocenters.